The number of aliphatic hydroxyl groups is 1. The Balaban J connectivity index is 5.19. The Hall–Kier alpha value is -1.94. The number of phosphoric acid groups is 2. The highest BCUT2D eigenvalue weighted by Gasteiger charge is 2.30. The van der Waals surface area contributed by atoms with Crippen LogP contribution >= 0.6 is 15.6 Å². The molecule has 0 spiro atoms. The summed E-state index contributed by atoms with van der Waals surface area (Å²) in [4.78, 5) is 72.7. The van der Waals surface area contributed by atoms with Gasteiger partial charge in [0.05, 0.1) is 26.4 Å². The highest BCUT2D eigenvalue weighted by Crippen LogP contribution is 2.45. The predicted octanol–water partition coefficient (Wildman–Crippen LogP) is 21.8. The van der Waals surface area contributed by atoms with Crippen LogP contribution in [0.25, 0.3) is 0 Å². The van der Waals surface area contributed by atoms with Crippen molar-refractivity contribution in [2.45, 2.75) is 401 Å². The van der Waals surface area contributed by atoms with E-state index in [1.165, 1.54) is 186 Å². The molecular formula is C75H146O17P2. The van der Waals surface area contributed by atoms with E-state index in [9.17, 15) is 43.2 Å². The van der Waals surface area contributed by atoms with Crippen molar-refractivity contribution in [1.29, 1.82) is 0 Å². The smallest absolute Gasteiger partial charge is 0.462 e. The summed E-state index contributed by atoms with van der Waals surface area (Å²) >= 11 is 0. The second kappa shape index (κ2) is 65.7. The van der Waals surface area contributed by atoms with E-state index in [0.29, 0.717) is 31.6 Å². The highest BCUT2D eigenvalue weighted by molar-refractivity contribution is 7.47. The predicted molar refractivity (Wildman–Crippen MR) is 381 cm³/mol. The zero-order valence-corrected chi connectivity index (χ0v) is 63.2. The van der Waals surface area contributed by atoms with Gasteiger partial charge >= 0.3 is 39.5 Å². The van der Waals surface area contributed by atoms with Crippen molar-refractivity contribution in [2.24, 2.45) is 17.8 Å². The lowest BCUT2D eigenvalue weighted by Crippen LogP contribution is -2.30. The van der Waals surface area contributed by atoms with Gasteiger partial charge in [-0.2, -0.15) is 0 Å². The Morgan fingerprint density at radius 1 is 0.309 bits per heavy atom. The number of esters is 4. The van der Waals surface area contributed by atoms with Crippen LogP contribution in [0.4, 0.5) is 0 Å². The van der Waals surface area contributed by atoms with E-state index in [1.807, 2.05) is 0 Å². The third-order valence-corrected chi connectivity index (χ3v) is 19.6. The molecule has 0 aliphatic heterocycles. The van der Waals surface area contributed by atoms with Gasteiger partial charge in [-0.25, -0.2) is 9.13 Å². The number of rotatable bonds is 73. The first kappa shape index (κ1) is 92.1. The maximum Gasteiger partial charge on any atom is 0.472 e. The van der Waals surface area contributed by atoms with Gasteiger partial charge in [-0.3, -0.25) is 37.3 Å². The molecule has 0 bridgehead atoms. The lowest BCUT2D eigenvalue weighted by Gasteiger charge is -2.21. The van der Waals surface area contributed by atoms with Gasteiger partial charge in [-0.15, -0.1) is 0 Å². The monoisotopic (exact) mass is 1380 g/mol. The molecule has 3 N–H and O–H groups in total. The Morgan fingerprint density at radius 3 is 0.809 bits per heavy atom. The summed E-state index contributed by atoms with van der Waals surface area (Å²) in [6, 6.07) is 0. The third-order valence-electron chi connectivity index (χ3n) is 17.7. The van der Waals surface area contributed by atoms with Crippen molar-refractivity contribution in [1.82, 2.24) is 0 Å². The van der Waals surface area contributed by atoms with E-state index in [1.54, 1.807) is 0 Å². The quantitative estimate of drug-likeness (QED) is 0.0222. The molecule has 0 aliphatic carbocycles. The van der Waals surface area contributed by atoms with Crippen LogP contribution in [0, 0.1) is 17.8 Å². The molecule has 0 heterocycles. The second-order valence-corrected chi connectivity index (χ2v) is 31.1. The van der Waals surface area contributed by atoms with Crippen molar-refractivity contribution >= 4 is 39.5 Å². The van der Waals surface area contributed by atoms with Gasteiger partial charge < -0.3 is 33.8 Å². The van der Waals surface area contributed by atoms with Crippen LogP contribution in [0.2, 0.25) is 0 Å². The molecule has 0 aromatic carbocycles. The molecule has 0 aromatic rings. The SMILES string of the molecule is CCCCCCCCCCCCCC(=O)O[C@H](COC(=O)CCCCCCCCCC(C)C)COP(=O)(O)OC[C@H](O)COP(=O)(O)OC[C@@H](COC(=O)CCCCCCCCCCC(C)CC)OC(=O)CCCCCCCCCCCCCCCCCCCCC(C)C. The summed E-state index contributed by atoms with van der Waals surface area (Å²) in [5.41, 5.74) is 0. The number of ether oxygens (including phenoxy) is 4. The van der Waals surface area contributed by atoms with Crippen LogP contribution in [-0.4, -0.2) is 96.7 Å². The normalized spacial score (nSPS) is 14.4. The minimum Gasteiger partial charge on any atom is -0.462 e. The largest absolute Gasteiger partial charge is 0.472 e. The molecule has 0 radical (unpaired) electrons. The molecular weight excluding hydrogens is 1230 g/mol. The maximum absolute atomic E-state index is 13.1. The summed E-state index contributed by atoms with van der Waals surface area (Å²) in [7, 11) is -9.91. The number of hydrogen-bond donors (Lipinski definition) is 3. The zero-order chi connectivity index (χ0) is 69.4. The summed E-state index contributed by atoms with van der Waals surface area (Å²) in [6.45, 7) is 11.9. The van der Waals surface area contributed by atoms with E-state index in [0.717, 1.165) is 108 Å². The molecule has 0 saturated carbocycles. The van der Waals surface area contributed by atoms with Crippen molar-refractivity contribution < 1.29 is 80.2 Å². The van der Waals surface area contributed by atoms with Crippen molar-refractivity contribution in [2.75, 3.05) is 39.6 Å². The minimum absolute atomic E-state index is 0.106. The van der Waals surface area contributed by atoms with Gasteiger partial charge in [-0.1, -0.05) is 331 Å². The Morgan fingerprint density at radius 2 is 0.543 bits per heavy atom. The fraction of sp³-hybridized carbons (Fsp3) is 0.947. The van der Waals surface area contributed by atoms with Crippen molar-refractivity contribution in [3.05, 3.63) is 0 Å². The first-order chi connectivity index (χ1) is 45.3. The van der Waals surface area contributed by atoms with Crippen LogP contribution in [0.1, 0.15) is 382 Å². The van der Waals surface area contributed by atoms with E-state index < -0.39 is 97.5 Å². The summed E-state index contributed by atoms with van der Waals surface area (Å²) < 4.78 is 68.4. The lowest BCUT2D eigenvalue weighted by atomic mass is 9.99. The molecule has 558 valence electrons. The lowest BCUT2D eigenvalue weighted by molar-refractivity contribution is -0.161. The molecule has 94 heavy (non-hydrogen) atoms. The molecule has 17 nitrogen and oxygen atoms in total. The molecule has 0 fully saturated rings. The Labute approximate surface area is 575 Å². The molecule has 0 rings (SSSR count). The summed E-state index contributed by atoms with van der Waals surface area (Å²) in [6.07, 6.45) is 51.4. The van der Waals surface area contributed by atoms with Crippen LogP contribution < -0.4 is 0 Å². The van der Waals surface area contributed by atoms with Gasteiger partial charge in [0, 0.05) is 25.7 Å². The van der Waals surface area contributed by atoms with Gasteiger partial charge in [0.15, 0.2) is 12.2 Å². The first-order valence-corrected chi connectivity index (χ1v) is 41.9. The number of hydrogen-bond acceptors (Lipinski definition) is 15. The summed E-state index contributed by atoms with van der Waals surface area (Å²) in [5.74, 6) is 0.182. The third kappa shape index (κ3) is 67.3. The Kier molecular flexibility index (Phi) is 64.3. The number of carbonyl (C=O) groups is 4. The molecule has 0 saturated heterocycles. The molecule has 0 aromatic heterocycles. The molecule has 6 atom stereocenters. The van der Waals surface area contributed by atoms with Gasteiger partial charge in [0.25, 0.3) is 0 Å². The number of aliphatic hydroxyl groups excluding tert-OH is 1. The standard InChI is InChI=1S/C75H146O17P2/c1-8-10-11-12-13-14-23-27-36-44-51-58-74(79)92-71(63-86-73(78)57-50-43-38-31-33-40-47-54-67(5)6)65-90-94(83,84)88-61-69(76)60-87-93(81,82)89-64-70(62-85-72(77)56-49-42-35-30-29-34-41-48-55-68(7)9-2)91-75(80)59-52-45-37-28-25-22-20-18-16-15-17-19-21-24-26-32-39-46-53-66(3)4/h66-71,76H,8-65H2,1-7H3,(H,81,82)(H,83,84)/t68?,69-,70-,71-/m1/s1. The molecule has 0 aliphatic rings. The number of carbonyl (C=O) groups excluding carboxylic acids is 4. The maximum atomic E-state index is 13.1. The van der Waals surface area contributed by atoms with Crippen LogP contribution in [0.3, 0.4) is 0 Å². The average Bonchev–Trinajstić information content (AvgIpc) is 1.97. The first-order valence-electron chi connectivity index (χ1n) is 38.9. The van der Waals surface area contributed by atoms with Crippen LogP contribution in [-0.2, 0) is 65.4 Å². The van der Waals surface area contributed by atoms with Crippen molar-refractivity contribution in [3.8, 4) is 0 Å². The van der Waals surface area contributed by atoms with Crippen LogP contribution in [0.5, 0.6) is 0 Å². The topological polar surface area (TPSA) is 237 Å². The van der Waals surface area contributed by atoms with E-state index in [-0.39, 0.29) is 25.7 Å². The van der Waals surface area contributed by atoms with Gasteiger partial charge in [0.1, 0.15) is 19.3 Å². The average molecular weight is 1380 g/mol. The fourth-order valence-corrected chi connectivity index (χ4v) is 13.0. The van der Waals surface area contributed by atoms with E-state index >= 15 is 0 Å². The fourth-order valence-electron chi connectivity index (χ4n) is 11.4. The minimum atomic E-state index is -4.96. The zero-order valence-electron chi connectivity index (χ0n) is 61.4. The van der Waals surface area contributed by atoms with Gasteiger partial charge in [0.2, 0.25) is 0 Å². The van der Waals surface area contributed by atoms with Gasteiger partial charge in [-0.05, 0) is 43.4 Å². The second-order valence-electron chi connectivity index (χ2n) is 28.2. The van der Waals surface area contributed by atoms with E-state index in [4.69, 9.17) is 37.0 Å². The Bertz CT molecular complexity index is 1840. The van der Waals surface area contributed by atoms with E-state index in [2.05, 4.69) is 48.5 Å². The number of unbranched alkanes of at least 4 members (excludes halogenated alkanes) is 40. The molecule has 3 unspecified atom stereocenters. The van der Waals surface area contributed by atoms with Crippen molar-refractivity contribution in [3.63, 3.8) is 0 Å². The summed E-state index contributed by atoms with van der Waals surface area (Å²) in [5, 5.41) is 10.6. The molecule has 19 heteroatoms. The molecule has 0 amide bonds. The van der Waals surface area contributed by atoms with Crippen LogP contribution in [0.15, 0.2) is 0 Å². The highest BCUT2D eigenvalue weighted by atomic mass is 31.2. The number of phosphoric ester groups is 2.